The number of rotatable bonds is 2. The summed E-state index contributed by atoms with van der Waals surface area (Å²) in [4.78, 5) is 0. The molecule has 0 aliphatic heterocycles. The van der Waals surface area contributed by atoms with Crippen molar-refractivity contribution >= 4 is 0 Å². The number of hydrogen-bond acceptors (Lipinski definition) is 0. The predicted octanol–water partition coefficient (Wildman–Crippen LogP) is 3.31. The van der Waals surface area contributed by atoms with Crippen molar-refractivity contribution in [1.82, 2.24) is 0 Å². The minimum Gasteiger partial charge on any atom is -0.0772 e. The Morgan fingerprint density at radius 1 is 1.45 bits per heavy atom. The van der Waals surface area contributed by atoms with Gasteiger partial charge in [0.05, 0.1) is 0 Å². The molecule has 0 aromatic carbocycles. The summed E-state index contributed by atoms with van der Waals surface area (Å²) in [6.45, 7) is 6.74. The topological polar surface area (TPSA) is 0 Å². The Hall–Kier alpha value is 0.363. The van der Waals surface area contributed by atoms with Crippen molar-refractivity contribution in [3.05, 3.63) is 23.3 Å². The molecule has 0 aromatic heterocycles. The summed E-state index contributed by atoms with van der Waals surface area (Å²) in [6, 6.07) is 0. The molecular weight excluding hydrogens is 211 g/mol. The van der Waals surface area contributed by atoms with Gasteiger partial charge in [0.25, 0.3) is 0 Å². The molecule has 0 radical (unpaired) electrons. The zero-order chi connectivity index (χ0) is 7.56. The Balaban J connectivity index is 0.000001000. The van der Waals surface area contributed by atoms with Crippen molar-refractivity contribution in [3.63, 3.8) is 0 Å². The van der Waals surface area contributed by atoms with Gasteiger partial charge in [0.1, 0.15) is 0 Å². The van der Waals surface area contributed by atoms with Crippen LogP contribution in [0.15, 0.2) is 23.3 Å². The zero-order valence-corrected chi connectivity index (χ0v) is 10.1. The van der Waals surface area contributed by atoms with Crippen molar-refractivity contribution < 1.29 is 26.2 Å². The molecule has 0 spiro atoms. The van der Waals surface area contributed by atoms with E-state index in [1.807, 2.05) is 0 Å². The van der Waals surface area contributed by atoms with Gasteiger partial charge < -0.3 is 0 Å². The molecule has 0 nitrogen and oxygen atoms in total. The van der Waals surface area contributed by atoms with Crippen molar-refractivity contribution in [2.24, 2.45) is 5.92 Å². The summed E-state index contributed by atoms with van der Waals surface area (Å²) in [5.74, 6) is 0.736. The molecule has 1 heteroatoms. The molecule has 60 valence electrons. The van der Waals surface area contributed by atoms with E-state index in [-0.39, 0.29) is 26.2 Å². The number of allylic oxidation sites excluding steroid dienone is 4. The Labute approximate surface area is 88.9 Å². The maximum atomic E-state index is 2.35. The fourth-order valence-corrected chi connectivity index (χ4v) is 1.25. The maximum absolute atomic E-state index is 2.35. The molecule has 0 heterocycles. The van der Waals surface area contributed by atoms with Crippen LogP contribution in [0.1, 0.15) is 33.6 Å². The molecule has 0 saturated carbocycles. The summed E-state index contributed by atoms with van der Waals surface area (Å²) in [5.41, 5.74) is 3.11. The third kappa shape index (κ3) is 3.07. The molecule has 1 aliphatic carbocycles. The van der Waals surface area contributed by atoms with E-state index in [1.165, 1.54) is 18.4 Å². The molecule has 0 aromatic rings. The van der Waals surface area contributed by atoms with Crippen LogP contribution in [0.25, 0.3) is 0 Å². The third-order valence-electron chi connectivity index (χ3n) is 2.12. The second-order valence-electron chi connectivity index (χ2n) is 3.21. The second-order valence-corrected chi connectivity index (χ2v) is 3.21. The third-order valence-corrected chi connectivity index (χ3v) is 2.12. The minimum absolute atomic E-state index is 0. The Morgan fingerprint density at radius 3 is 2.36 bits per heavy atom. The first-order chi connectivity index (χ1) is 4.74. The predicted molar refractivity (Wildman–Crippen MR) is 45.9 cm³/mol. The maximum Gasteiger partial charge on any atom is 0 e. The average Bonchev–Trinajstić information content (AvgIpc) is 2.34. The Kier molecular flexibility index (Phi) is 5.26. The van der Waals surface area contributed by atoms with Crippen LogP contribution < -0.4 is 0 Å². The molecule has 0 N–H and O–H groups in total. The Morgan fingerprint density at radius 2 is 2.09 bits per heavy atom. The van der Waals surface area contributed by atoms with Gasteiger partial charge in [0.15, 0.2) is 0 Å². The van der Waals surface area contributed by atoms with Crippen LogP contribution in [0.3, 0.4) is 0 Å². The van der Waals surface area contributed by atoms with Crippen molar-refractivity contribution in [2.75, 3.05) is 0 Å². The SMILES string of the molecule is CCC1=CCC(C(C)C)=C1.[Zr]. The molecule has 1 aliphatic rings. The summed E-state index contributed by atoms with van der Waals surface area (Å²) in [7, 11) is 0. The summed E-state index contributed by atoms with van der Waals surface area (Å²) in [6.07, 6.45) is 7.08. The van der Waals surface area contributed by atoms with E-state index in [0.29, 0.717) is 0 Å². The van der Waals surface area contributed by atoms with E-state index < -0.39 is 0 Å². The quantitative estimate of drug-likeness (QED) is 0.679. The monoisotopic (exact) mass is 226 g/mol. The van der Waals surface area contributed by atoms with Gasteiger partial charge >= 0.3 is 0 Å². The first-order valence-electron chi connectivity index (χ1n) is 4.13. The van der Waals surface area contributed by atoms with Gasteiger partial charge in [-0.3, -0.25) is 0 Å². The molecule has 0 fully saturated rings. The molecule has 0 atom stereocenters. The summed E-state index contributed by atoms with van der Waals surface area (Å²) >= 11 is 0. The van der Waals surface area contributed by atoms with E-state index in [4.69, 9.17) is 0 Å². The smallest absolute Gasteiger partial charge is 0 e. The van der Waals surface area contributed by atoms with Crippen LogP contribution in [0.4, 0.5) is 0 Å². The van der Waals surface area contributed by atoms with E-state index in [9.17, 15) is 0 Å². The average molecular weight is 227 g/mol. The van der Waals surface area contributed by atoms with Gasteiger partial charge in [-0.15, -0.1) is 0 Å². The number of hydrogen-bond donors (Lipinski definition) is 0. The fourth-order valence-electron chi connectivity index (χ4n) is 1.25. The molecule has 11 heavy (non-hydrogen) atoms. The van der Waals surface area contributed by atoms with Gasteiger partial charge in [-0.2, -0.15) is 0 Å². The largest absolute Gasteiger partial charge is 0.0772 e. The summed E-state index contributed by atoms with van der Waals surface area (Å²) in [5, 5.41) is 0. The van der Waals surface area contributed by atoms with Crippen LogP contribution in [0.5, 0.6) is 0 Å². The molecule has 0 bridgehead atoms. The molecule has 0 saturated heterocycles. The van der Waals surface area contributed by atoms with Gasteiger partial charge in [-0.1, -0.05) is 44.1 Å². The standard InChI is InChI=1S/C10H16.Zr/c1-4-9-5-6-10(7-9)8(2)3;/h5,7-8H,4,6H2,1-3H3;. The van der Waals surface area contributed by atoms with E-state index >= 15 is 0 Å². The van der Waals surface area contributed by atoms with E-state index in [2.05, 4.69) is 32.9 Å². The second kappa shape index (κ2) is 5.09. The molecule has 1 rings (SSSR count). The van der Waals surface area contributed by atoms with Gasteiger partial charge in [-0.25, -0.2) is 0 Å². The first kappa shape index (κ1) is 11.4. The fraction of sp³-hybridized carbons (Fsp3) is 0.600. The molecular formula is C10H16Zr. The normalized spacial score (nSPS) is 16.0. The van der Waals surface area contributed by atoms with E-state index in [0.717, 1.165) is 5.92 Å². The Bertz CT molecular complexity index is 175. The van der Waals surface area contributed by atoms with Crippen LogP contribution >= 0.6 is 0 Å². The molecule has 0 amide bonds. The van der Waals surface area contributed by atoms with Crippen LogP contribution in [0.2, 0.25) is 0 Å². The van der Waals surface area contributed by atoms with Crippen LogP contribution in [-0.2, 0) is 26.2 Å². The van der Waals surface area contributed by atoms with Crippen molar-refractivity contribution in [1.29, 1.82) is 0 Å². The van der Waals surface area contributed by atoms with E-state index in [1.54, 1.807) is 5.57 Å². The van der Waals surface area contributed by atoms with Gasteiger partial charge in [0, 0.05) is 26.2 Å². The van der Waals surface area contributed by atoms with Crippen molar-refractivity contribution in [2.45, 2.75) is 33.6 Å². The summed E-state index contributed by atoms with van der Waals surface area (Å²) < 4.78 is 0. The first-order valence-corrected chi connectivity index (χ1v) is 4.13. The zero-order valence-electron chi connectivity index (χ0n) is 7.65. The van der Waals surface area contributed by atoms with Gasteiger partial charge in [0.2, 0.25) is 0 Å². The van der Waals surface area contributed by atoms with Crippen LogP contribution in [0, 0.1) is 5.92 Å². The minimum atomic E-state index is 0. The molecule has 0 unspecified atom stereocenters. The van der Waals surface area contributed by atoms with Gasteiger partial charge in [-0.05, 0) is 18.8 Å². The van der Waals surface area contributed by atoms with Crippen LogP contribution in [-0.4, -0.2) is 0 Å². The van der Waals surface area contributed by atoms with Crippen molar-refractivity contribution in [3.8, 4) is 0 Å².